The molecule has 3 aromatic rings. The second kappa shape index (κ2) is 8.54. The Balaban J connectivity index is 1.81. The van der Waals surface area contributed by atoms with Crippen molar-refractivity contribution in [2.75, 3.05) is 0 Å². The summed E-state index contributed by atoms with van der Waals surface area (Å²) in [5.74, 6) is -0.168. The van der Waals surface area contributed by atoms with E-state index >= 15 is 0 Å². The molecule has 0 heterocycles. The van der Waals surface area contributed by atoms with Gasteiger partial charge in [-0.05, 0) is 61.0 Å². The summed E-state index contributed by atoms with van der Waals surface area (Å²) in [6.45, 7) is 1.98. The average molecular weight is 391 g/mol. The van der Waals surface area contributed by atoms with Crippen molar-refractivity contribution in [1.82, 2.24) is 0 Å². The van der Waals surface area contributed by atoms with E-state index in [0.29, 0.717) is 16.0 Å². The lowest BCUT2D eigenvalue weighted by molar-refractivity contribution is -0.387. The number of aromatic hydroxyl groups is 1. The summed E-state index contributed by atoms with van der Waals surface area (Å²) in [4.78, 5) is 24.7. The number of carbonyl (C=O) groups excluding carboxylic acids is 1. The Bertz CT molecular complexity index is 1040. The van der Waals surface area contributed by atoms with Crippen molar-refractivity contribution >= 4 is 29.3 Å². The molecule has 28 heavy (non-hydrogen) atoms. The first-order chi connectivity index (χ1) is 13.4. The van der Waals surface area contributed by atoms with Crippen LogP contribution in [0.1, 0.15) is 21.5 Å². The highest BCUT2D eigenvalue weighted by Gasteiger charge is 2.15. The first-order valence-corrected chi connectivity index (χ1v) is 9.28. The molecule has 0 aliphatic carbocycles. The summed E-state index contributed by atoms with van der Waals surface area (Å²) >= 11 is 1.33. The van der Waals surface area contributed by atoms with Gasteiger partial charge in [-0.25, -0.2) is 0 Å². The minimum Gasteiger partial charge on any atom is -0.508 e. The molecule has 0 radical (unpaired) electrons. The van der Waals surface area contributed by atoms with Crippen LogP contribution in [0.15, 0.2) is 82.6 Å². The lowest BCUT2D eigenvalue weighted by Gasteiger charge is -2.05. The highest BCUT2D eigenvalue weighted by molar-refractivity contribution is 7.99. The third-order valence-electron chi connectivity index (χ3n) is 4.01. The fourth-order valence-electron chi connectivity index (χ4n) is 2.49. The van der Waals surface area contributed by atoms with Crippen LogP contribution < -0.4 is 0 Å². The first kappa shape index (κ1) is 19.4. The van der Waals surface area contributed by atoms with Crippen molar-refractivity contribution in [3.05, 3.63) is 99.6 Å². The van der Waals surface area contributed by atoms with Gasteiger partial charge in [-0.1, -0.05) is 41.6 Å². The van der Waals surface area contributed by atoms with Crippen molar-refractivity contribution < 1.29 is 14.8 Å². The Morgan fingerprint density at radius 1 is 1.04 bits per heavy atom. The van der Waals surface area contributed by atoms with E-state index in [9.17, 15) is 20.0 Å². The molecule has 0 aliphatic heterocycles. The fourth-order valence-corrected chi connectivity index (χ4v) is 3.39. The van der Waals surface area contributed by atoms with Gasteiger partial charge < -0.3 is 5.11 Å². The molecule has 0 bridgehead atoms. The second-order valence-corrected chi connectivity index (χ2v) is 7.26. The van der Waals surface area contributed by atoms with E-state index in [4.69, 9.17) is 0 Å². The normalized spacial score (nSPS) is 10.9. The number of aryl methyl sites for hydroxylation is 1. The lowest BCUT2D eigenvalue weighted by Crippen LogP contribution is -1.94. The van der Waals surface area contributed by atoms with Gasteiger partial charge in [0.2, 0.25) is 0 Å². The van der Waals surface area contributed by atoms with Gasteiger partial charge in [0.15, 0.2) is 5.78 Å². The smallest absolute Gasteiger partial charge is 0.283 e. The molecule has 1 N–H and O–H groups in total. The zero-order chi connectivity index (χ0) is 20.1. The van der Waals surface area contributed by atoms with Crippen molar-refractivity contribution in [3.8, 4) is 5.75 Å². The second-order valence-electron chi connectivity index (χ2n) is 6.14. The quantitative estimate of drug-likeness (QED) is 0.254. The van der Waals surface area contributed by atoms with E-state index < -0.39 is 4.92 Å². The molecule has 0 unspecified atom stereocenters. The molecule has 3 aromatic carbocycles. The highest BCUT2D eigenvalue weighted by atomic mass is 32.2. The third-order valence-corrected chi connectivity index (χ3v) is 5.08. The van der Waals surface area contributed by atoms with Crippen LogP contribution in [0, 0.1) is 17.0 Å². The number of nitro benzene ring substituents is 1. The van der Waals surface area contributed by atoms with Crippen LogP contribution in [-0.4, -0.2) is 15.8 Å². The Morgan fingerprint density at radius 2 is 1.71 bits per heavy atom. The van der Waals surface area contributed by atoms with E-state index in [1.165, 1.54) is 48.2 Å². The molecule has 0 saturated carbocycles. The third kappa shape index (κ3) is 4.86. The minimum absolute atomic E-state index is 0.00944. The van der Waals surface area contributed by atoms with Crippen molar-refractivity contribution in [2.24, 2.45) is 0 Å². The standard InChI is InChI=1S/C22H17NO4S/c1-15-2-10-19(11-3-15)28-22-13-5-16(14-20(22)23(26)27)4-12-21(25)17-6-8-18(24)9-7-17/h2-14,24H,1H3. The maximum Gasteiger partial charge on any atom is 0.283 e. The Hall–Kier alpha value is -3.38. The molecule has 0 amide bonds. The van der Waals surface area contributed by atoms with E-state index in [0.717, 1.165) is 10.5 Å². The van der Waals surface area contributed by atoms with Crippen molar-refractivity contribution in [3.63, 3.8) is 0 Å². The summed E-state index contributed by atoms with van der Waals surface area (Å²) in [6.07, 6.45) is 2.90. The number of allylic oxidation sites excluding steroid dienone is 1. The number of carbonyl (C=O) groups is 1. The molecule has 6 heteroatoms. The monoisotopic (exact) mass is 391 g/mol. The maximum absolute atomic E-state index is 12.2. The predicted molar refractivity (Wildman–Crippen MR) is 110 cm³/mol. The zero-order valence-electron chi connectivity index (χ0n) is 15.0. The van der Waals surface area contributed by atoms with Crippen LogP contribution in [0.3, 0.4) is 0 Å². The number of rotatable bonds is 6. The van der Waals surface area contributed by atoms with Crippen LogP contribution in [0.5, 0.6) is 5.75 Å². The molecule has 3 rings (SSSR count). The number of benzene rings is 3. The van der Waals surface area contributed by atoms with Gasteiger partial charge in [-0.2, -0.15) is 0 Å². The number of hydrogen-bond acceptors (Lipinski definition) is 5. The van der Waals surface area contributed by atoms with Gasteiger partial charge in [0.1, 0.15) is 5.75 Å². The maximum atomic E-state index is 12.2. The van der Waals surface area contributed by atoms with Crippen LogP contribution in [0.4, 0.5) is 5.69 Å². The molecule has 0 aromatic heterocycles. The molecule has 0 spiro atoms. The first-order valence-electron chi connectivity index (χ1n) is 8.47. The molecular weight excluding hydrogens is 374 g/mol. The topological polar surface area (TPSA) is 80.4 Å². The average Bonchev–Trinajstić information content (AvgIpc) is 2.69. The van der Waals surface area contributed by atoms with E-state index in [1.807, 2.05) is 31.2 Å². The van der Waals surface area contributed by atoms with Gasteiger partial charge in [-0.3, -0.25) is 14.9 Å². The molecule has 0 atom stereocenters. The number of hydrogen-bond donors (Lipinski definition) is 1. The number of nitro groups is 1. The Labute approximate surface area is 166 Å². The summed E-state index contributed by atoms with van der Waals surface area (Å²) in [7, 11) is 0. The molecule has 0 saturated heterocycles. The summed E-state index contributed by atoms with van der Waals surface area (Å²) in [5.41, 5.74) is 2.10. The summed E-state index contributed by atoms with van der Waals surface area (Å²) in [6, 6.07) is 18.6. The summed E-state index contributed by atoms with van der Waals surface area (Å²) in [5, 5.41) is 20.8. The fraction of sp³-hybridized carbons (Fsp3) is 0.0455. The van der Waals surface area contributed by atoms with E-state index in [-0.39, 0.29) is 17.2 Å². The Morgan fingerprint density at radius 3 is 2.36 bits per heavy atom. The lowest BCUT2D eigenvalue weighted by atomic mass is 10.1. The number of phenols is 1. The number of phenolic OH excluding ortho intramolecular Hbond substituents is 1. The molecular formula is C22H17NO4S. The van der Waals surface area contributed by atoms with Crippen LogP contribution >= 0.6 is 11.8 Å². The van der Waals surface area contributed by atoms with Crippen molar-refractivity contribution in [2.45, 2.75) is 16.7 Å². The molecule has 0 fully saturated rings. The van der Waals surface area contributed by atoms with E-state index in [1.54, 1.807) is 18.2 Å². The Kier molecular flexibility index (Phi) is 5.91. The van der Waals surface area contributed by atoms with E-state index in [2.05, 4.69) is 0 Å². The summed E-state index contributed by atoms with van der Waals surface area (Å²) < 4.78 is 0. The molecule has 140 valence electrons. The van der Waals surface area contributed by atoms with Crippen LogP contribution in [0.25, 0.3) is 6.08 Å². The van der Waals surface area contributed by atoms with Gasteiger partial charge in [0.25, 0.3) is 5.69 Å². The van der Waals surface area contributed by atoms with Gasteiger partial charge in [-0.15, -0.1) is 0 Å². The van der Waals surface area contributed by atoms with Crippen molar-refractivity contribution in [1.29, 1.82) is 0 Å². The number of ketones is 1. The predicted octanol–water partition coefficient (Wildman–Crippen LogP) is 5.66. The SMILES string of the molecule is Cc1ccc(Sc2ccc(C=CC(=O)c3ccc(O)cc3)cc2[N+](=O)[O-])cc1. The largest absolute Gasteiger partial charge is 0.508 e. The van der Waals surface area contributed by atoms with Gasteiger partial charge in [0.05, 0.1) is 9.82 Å². The van der Waals surface area contributed by atoms with Gasteiger partial charge in [0, 0.05) is 16.5 Å². The van der Waals surface area contributed by atoms with Crippen LogP contribution in [-0.2, 0) is 0 Å². The highest BCUT2D eigenvalue weighted by Crippen LogP contribution is 2.35. The molecule has 5 nitrogen and oxygen atoms in total. The number of nitrogens with zero attached hydrogens (tertiary/aromatic N) is 1. The molecule has 0 aliphatic rings. The zero-order valence-corrected chi connectivity index (χ0v) is 15.8. The van der Waals surface area contributed by atoms with Crippen LogP contribution in [0.2, 0.25) is 0 Å². The minimum atomic E-state index is -0.421. The van der Waals surface area contributed by atoms with Gasteiger partial charge >= 0.3 is 0 Å².